The van der Waals surface area contributed by atoms with Gasteiger partial charge in [-0.1, -0.05) is 23.2 Å². The summed E-state index contributed by atoms with van der Waals surface area (Å²) in [5, 5.41) is 2.11. The van der Waals surface area contributed by atoms with E-state index in [1.165, 1.54) is 6.92 Å². The van der Waals surface area contributed by atoms with Gasteiger partial charge in [0, 0.05) is 6.92 Å². The summed E-state index contributed by atoms with van der Waals surface area (Å²) in [7, 11) is 0. The van der Waals surface area contributed by atoms with E-state index >= 15 is 0 Å². The Balaban J connectivity index is 3.05. The van der Waals surface area contributed by atoms with E-state index in [0.717, 1.165) is 6.07 Å². The number of halogens is 4. The van der Waals surface area contributed by atoms with Gasteiger partial charge in [-0.2, -0.15) is 13.8 Å². The van der Waals surface area contributed by atoms with Crippen molar-refractivity contribution >= 4 is 34.9 Å². The van der Waals surface area contributed by atoms with Crippen LogP contribution in [0, 0.1) is 0 Å². The first kappa shape index (κ1) is 12.9. The number of nitrogens with one attached hydrogen (secondary N) is 1. The quantitative estimate of drug-likeness (QED) is 0.919. The van der Waals surface area contributed by atoms with E-state index in [9.17, 15) is 13.6 Å². The van der Waals surface area contributed by atoms with Gasteiger partial charge in [0.15, 0.2) is 5.82 Å². The SMILES string of the molecule is CC(=O)Nc1nc(OC(F)F)c(Cl)cc1Cl. The van der Waals surface area contributed by atoms with E-state index in [4.69, 9.17) is 23.2 Å². The van der Waals surface area contributed by atoms with Crippen molar-refractivity contribution in [2.75, 3.05) is 5.32 Å². The number of carbonyl (C=O) groups is 1. The van der Waals surface area contributed by atoms with Crippen molar-refractivity contribution in [1.29, 1.82) is 0 Å². The summed E-state index contributed by atoms with van der Waals surface area (Å²) in [5.74, 6) is -1.03. The smallest absolute Gasteiger partial charge is 0.388 e. The Hall–Kier alpha value is -1.14. The molecule has 0 atom stereocenters. The van der Waals surface area contributed by atoms with Crippen LogP contribution in [-0.2, 0) is 4.79 Å². The molecule has 4 nitrogen and oxygen atoms in total. The van der Waals surface area contributed by atoms with Crippen LogP contribution in [0.4, 0.5) is 14.6 Å². The minimum Gasteiger partial charge on any atom is -0.415 e. The number of alkyl halides is 2. The number of anilines is 1. The molecule has 1 amide bonds. The second-order valence-electron chi connectivity index (χ2n) is 2.67. The fourth-order valence-corrected chi connectivity index (χ4v) is 1.32. The van der Waals surface area contributed by atoms with Gasteiger partial charge in [0.2, 0.25) is 11.8 Å². The predicted octanol–water partition coefficient (Wildman–Crippen LogP) is 2.95. The van der Waals surface area contributed by atoms with Gasteiger partial charge in [0.25, 0.3) is 0 Å². The molecule has 1 heterocycles. The number of rotatable bonds is 3. The molecule has 88 valence electrons. The first-order valence-electron chi connectivity index (χ1n) is 3.98. The van der Waals surface area contributed by atoms with Crippen molar-refractivity contribution in [2.45, 2.75) is 13.5 Å². The number of ether oxygens (including phenoxy) is 1. The summed E-state index contributed by atoms with van der Waals surface area (Å²) in [6.07, 6.45) is 0. The summed E-state index contributed by atoms with van der Waals surface area (Å²) in [6, 6.07) is 1.15. The normalized spacial score (nSPS) is 10.4. The lowest BCUT2D eigenvalue weighted by molar-refractivity contribution is -0.114. The molecule has 1 N–H and O–H groups in total. The number of aromatic nitrogens is 1. The zero-order valence-corrected chi connectivity index (χ0v) is 9.44. The van der Waals surface area contributed by atoms with Gasteiger partial charge in [-0.3, -0.25) is 4.79 Å². The fraction of sp³-hybridized carbons (Fsp3) is 0.250. The predicted molar refractivity (Wildman–Crippen MR) is 55.2 cm³/mol. The maximum atomic E-state index is 12.0. The Morgan fingerprint density at radius 1 is 1.50 bits per heavy atom. The van der Waals surface area contributed by atoms with Gasteiger partial charge in [-0.15, -0.1) is 0 Å². The topological polar surface area (TPSA) is 51.2 Å². The number of carbonyl (C=O) groups excluding carboxylic acids is 1. The summed E-state index contributed by atoms with van der Waals surface area (Å²) >= 11 is 11.2. The third-order valence-electron chi connectivity index (χ3n) is 1.39. The monoisotopic (exact) mass is 270 g/mol. The number of hydrogen-bond donors (Lipinski definition) is 1. The van der Waals surface area contributed by atoms with E-state index in [1.807, 2.05) is 0 Å². The van der Waals surface area contributed by atoms with Gasteiger partial charge >= 0.3 is 6.61 Å². The second kappa shape index (κ2) is 5.27. The summed E-state index contributed by atoms with van der Waals surface area (Å²) in [4.78, 5) is 14.3. The lowest BCUT2D eigenvalue weighted by Gasteiger charge is -2.09. The molecule has 0 fully saturated rings. The molecule has 16 heavy (non-hydrogen) atoms. The average molecular weight is 271 g/mol. The van der Waals surface area contributed by atoms with Crippen LogP contribution in [0.3, 0.4) is 0 Å². The van der Waals surface area contributed by atoms with E-state index in [0.29, 0.717) is 0 Å². The molecular weight excluding hydrogens is 265 g/mol. The van der Waals surface area contributed by atoms with Crippen molar-refractivity contribution in [3.05, 3.63) is 16.1 Å². The van der Waals surface area contributed by atoms with Crippen LogP contribution in [0.15, 0.2) is 6.07 Å². The van der Waals surface area contributed by atoms with Crippen molar-refractivity contribution in [2.24, 2.45) is 0 Å². The Morgan fingerprint density at radius 2 is 2.12 bits per heavy atom. The Labute approximate surface area is 99.5 Å². The summed E-state index contributed by atoms with van der Waals surface area (Å²) in [5.41, 5.74) is 0. The lowest BCUT2D eigenvalue weighted by atomic mass is 10.4. The van der Waals surface area contributed by atoms with Crippen LogP contribution in [0.2, 0.25) is 10.0 Å². The highest BCUT2D eigenvalue weighted by atomic mass is 35.5. The molecule has 1 aromatic rings. The van der Waals surface area contributed by atoms with Crippen molar-refractivity contribution in [3.63, 3.8) is 0 Å². The van der Waals surface area contributed by atoms with Crippen molar-refractivity contribution < 1.29 is 18.3 Å². The number of pyridine rings is 1. The van der Waals surface area contributed by atoms with Gasteiger partial charge in [0.1, 0.15) is 5.02 Å². The standard InChI is InChI=1S/C8H6Cl2F2N2O2/c1-3(15)13-6-4(9)2-5(10)7(14-6)16-8(11)12/h2,8H,1H3,(H,13,14,15). The van der Waals surface area contributed by atoms with Gasteiger partial charge in [-0.05, 0) is 6.07 Å². The second-order valence-corrected chi connectivity index (χ2v) is 3.48. The fourth-order valence-electron chi connectivity index (χ4n) is 0.871. The van der Waals surface area contributed by atoms with Crippen LogP contribution in [0.5, 0.6) is 5.88 Å². The first-order chi connectivity index (χ1) is 7.40. The van der Waals surface area contributed by atoms with Gasteiger partial charge < -0.3 is 10.1 Å². The van der Waals surface area contributed by atoms with E-state index in [1.54, 1.807) is 0 Å². The van der Waals surface area contributed by atoms with Crippen molar-refractivity contribution in [1.82, 2.24) is 4.98 Å². The van der Waals surface area contributed by atoms with Crippen LogP contribution >= 0.6 is 23.2 Å². The molecule has 0 aliphatic heterocycles. The van der Waals surface area contributed by atoms with Crippen LogP contribution in [-0.4, -0.2) is 17.5 Å². The molecule has 0 unspecified atom stereocenters. The Bertz CT molecular complexity index is 415. The van der Waals surface area contributed by atoms with Crippen molar-refractivity contribution in [3.8, 4) is 5.88 Å². The maximum Gasteiger partial charge on any atom is 0.388 e. The zero-order chi connectivity index (χ0) is 12.3. The molecule has 8 heteroatoms. The zero-order valence-electron chi connectivity index (χ0n) is 7.93. The molecule has 1 rings (SSSR count). The molecule has 0 bridgehead atoms. The highest BCUT2D eigenvalue weighted by Gasteiger charge is 2.14. The van der Waals surface area contributed by atoms with Gasteiger partial charge in [0.05, 0.1) is 5.02 Å². The Kier molecular flexibility index (Phi) is 4.26. The van der Waals surface area contributed by atoms with Gasteiger partial charge in [-0.25, -0.2) is 0 Å². The first-order valence-corrected chi connectivity index (χ1v) is 4.74. The summed E-state index contributed by atoms with van der Waals surface area (Å²) < 4.78 is 27.9. The number of nitrogens with zero attached hydrogens (tertiary/aromatic N) is 1. The minimum absolute atomic E-state index is 0.0295. The van der Waals surface area contributed by atoms with Crippen LogP contribution < -0.4 is 10.1 Å². The van der Waals surface area contributed by atoms with E-state index < -0.39 is 18.4 Å². The molecule has 0 radical (unpaired) electrons. The lowest BCUT2D eigenvalue weighted by Crippen LogP contribution is -2.10. The Morgan fingerprint density at radius 3 is 2.62 bits per heavy atom. The molecule has 0 aliphatic rings. The third-order valence-corrected chi connectivity index (χ3v) is 1.95. The summed E-state index contributed by atoms with van der Waals surface area (Å²) in [6.45, 7) is -1.84. The highest BCUT2D eigenvalue weighted by Crippen LogP contribution is 2.31. The number of hydrogen-bond acceptors (Lipinski definition) is 3. The largest absolute Gasteiger partial charge is 0.415 e. The molecule has 0 aliphatic carbocycles. The van der Waals surface area contributed by atoms with E-state index in [-0.39, 0.29) is 15.9 Å². The molecule has 0 spiro atoms. The highest BCUT2D eigenvalue weighted by molar-refractivity contribution is 6.37. The average Bonchev–Trinajstić information content (AvgIpc) is 2.11. The minimum atomic E-state index is -3.06. The molecule has 0 saturated heterocycles. The van der Waals surface area contributed by atoms with E-state index in [2.05, 4.69) is 15.0 Å². The van der Waals surface area contributed by atoms with Crippen LogP contribution in [0.25, 0.3) is 0 Å². The number of amides is 1. The molecule has 0 aromatic carbocycles. The van der Waals surface area contributed by atoms with Crippen LogP contribution in [0.1, 0.15) is 6.92 Å². The third kappa shape index (κ3) is 3.46. The maximum absolute atomic E-state index is 12.0. The molecule has 1 aromatic heterocycles. The molecular formula is C8H6Cl2F2N2O2. The molecule has 0 saturated carbocycles.